The predicted octanol–water partition coefficient (Wildman–Crippen LogP) is 6.32. The number of benzene rings is 1. The van der Waals surface area contributed by atoms with Crippen molar-refractivity contribution in [3.05, 3.63) is 36.0 Å². The first-order valence-electron chi connectivity index (χ1n) is 16.6. The van der Waals surface area contributed by atoms with Gasteiger partial charge >= 0.3 is 12.1 Å². The molecule has 2 aromatic rings. The highest BCUT2D eigenvalue weighted by Gasteiger charge is 2.49. The Morgan fingerprint density at radius 3 is 2.30 bits per heavy atom. The second-order valence-electron chi connectivity index (χ2n) is 13.2. The minimum Gasteiger partial charge on any atom is -0.480 e. The number of aromatic amines is 1. The molecule has 5 atom stereocenters. The molecule has 0 aliphatic heterocycles. The Labute approximate surface area is 259 Å². The van der Waals surface area contributed by atoms with E-state index in [0.717, 1.165) is 74.3 Å². The summed E-state index contributed by atoms with van der Waals surface area (Å²) in [5.41, 5.74) is 0.786. The Kier molecular flexibility index (Phi) is 11.1. The normalized spacial score (nSPS) is 24.3. The van der Waals surface area contributed by atoms with Crippen molar-refractivity contribution in [3.63, 3.8) is 0 Å². The lowest BCUT2D eigenvalue weighted by molar-refractivity contribution is -0.142. The first kappa shape index (κ1) is 32.6. The van der Waals surface area contributed by atoms with Crippen LogP contribution in [0.3, 0.4) is 0 Å². The summed E-state index contributed by atoms with van der Waals surface area (Å²) in [6, 6.07) is 6.38. The zero-order valence-corrected chi connectivity index (χ0v) is 26.4. The van der Waals surface area contributed by atoms with E-state index in [0.29, 0.717) is 38.2 Å². The lowest BCUT2D eigenvalue weighted by Gasteiger charge is -2.34. The molecule has 3 fully saturated rings. The van der Waals surface area contributed by atoms with Gasteiger partial charge in [-0.2, -0.15) is 0 Å². The molecular weight excluding hydrogens is 581 g/mol. The first-order valence-corrected chi connectivity index (χ1v) is 18.4. The predicted molar refractivity (Wildman–Crippen MR) is 169 cm³/mol. The zero-order chi connectivity index (χ0) is 31.1. The van der Waals surface area contributed by atoms with Crippen LogP contribution in [0.4, 0.5) is 4.79 Å². The van der Waals surface area contributed by atoms with Gasteiger partial charge in [-0.25, -0.2) is 9.59 Å². The van der Waals surface area contributed by atoms with Crippen LogP contribution in [0.25, 0.3) is 10.9 Å². The number of aromatic nitrogens is 1. The van der Waals surface area contributed by atoms with Crippen LogP contribution < -0.4 is 10.6 Å². The Bertz CT molecular complexity index is 1330. The minimum atomic E-state index is -4.12. The third kappa shape index (κ3) is 8.05. The van der Waals surface area contributed by atoms with Crippen LogP contribution in [0, 0.1) is 17.8 Å². The van der Waals surface area contributed by atoms with Crippen molar-refractivity contribution in [2.45, 2.75) is 114 Å². The number of carbonyl (C=O) groups is 3. The average Bonchev–Trinajstić information content (AvgIpc) is 3.69. The fraction of sp³-hybridized carbons (Fsp3) is 0.667. The number of aliphatic carboxylic acids is 1. The van der Waals surface area contributed by atoms with Crippen LogP contribution >= 0.6 is 7.37 Å². The van der Waals surface area contributed by atoms with E-state index >= 15 is 0 Å². The molecule has 3 aliphatic carbocycles. The van der Waals surface area contributed by atoms with Crippen molar-refractivity contribution in [3.8, 4) is 0 Å². The van der Waals surface area contributed by atoms with Crippen molar-refractivity contribution < 1.29 is 33.7 Å². The quantitative estimate of drug-likeness (QED) is 0.172. The minimum absolute atomic E-state index is 0.0813. The van der Waals surface area contributed by atoms with Gasteiger partial charge in [0.15, 0.2) is 0 Å². The number of ether oxygens (including phenoxy) is 1. The third-order valence-electron chi connectivity index (χ3n) is 10.2. The van der Waals surface area contributed by atoms with Gasteiger partial charge in [0.2, 0.25) is 13.3 Å². The number of hydrogen-bond acceptors (Lipinski definition) is 5. The van der Waals surface area contributed by atoms with Crippen molar-refractivity contribution in [1.82, 2.24) is 15.6 Å². The Hall–Kier alpha value is -2.84. The lowest BCUT2D eigenvalue weighted by Crippen LogP contribution is -2.47. The number of amides is 2. The summed E-state index contributed by atoms with van der Waals surface area (Å²) < 4.78 is 19.9. The number of para-hydroxylation sites is 1. The summed E-state index contributed by atoms with van der Waals surface area (Å²) in [6.07, 6.45) is 13.5. The SMILES string of the molecule is O=C(NC(CC1CCCCC1)P(=O)(O)C1CCCC1C(=O)NC(Cc1c[nH]c2ccccc12)C(=O)O)OCC1CCCCC1. The van der Waals surface area contributed by atoms with Crippen molar-refractivity contribution >= 4 is 36.2 Å². The highest BCUT2D eigenvalue weighted by molar-refractivity contribution is 7.59. The van der Waals surface area contributed by atoms with E-state index in [4.69, 9.17) is 4.74 Å². The molecule has 2 amide bonds. The number of alkyl carbamates (subject to hydrolysis) is 1. The second kappa shape index (κ2) is 15.0. The Balaban J connectivity index is 1.27. The molecule has 11 heteroatoms. The lowest BCUT2D eigenvalue weighted by atomic mass is 9.87. The van der Waals surface area contributed by atoms with Gasteiger partial charge in [0.05, 0.1) is 6.61 Å². The summed E-state index contributed by atoms with van der Waals surface area (Å²) in [5.74, 6) is -2.97. The molecule has 242 valence electrons. The molecule has 0 saturated heterocycles. The van der Waals surface area contributed by atoms with Crippen molar-refractivity contribution in [2.75, 3.05) is 6.61 Å². The van der Waals surface area contributed by atoms with E-state index in [9.17, 15) is 28.9 Å². The first-order chi connectivity index (χ1) is 21.2. The van der Waals surface area contributed by atoms with E-state index in [1.54, 1.807) is 6.20 Å². The van der Waals surface area contributed by atoms with Gasteiger partial charge in [0, 0.05) is 35.1 Å². The van der Waals surface area contributed by atoms with Gasteiger partial charge < -0.3 is 30.4 Å². The van der Waals surface area contributed by atoms with E-state index in [1.165, 1.54) is 6.42 Å². The molecule has 5 N–H and O–H groups in total. The number of fused-ring (bicyclic) bond motifs is 1. The van der Waals surface area contributed by atoms with Gasteiger partial charge in [-0.15, -0.1) is 0 Å². The van der Waals surface area contributed by atoms with Gasteiger partial charge in [0.1, 0.15) is 11.8 Å². The maximum atomic E-state index is 14.4. The molecule has 1 aromatic carbocycles. The van der Waals surface area contributed by atoms with Gasteiger partial charge in [-0.3, -0.25) is 9.36 Å². The fourth-order valence-electron chi connectivity index (χ4n) is 7.69. The molecule has 0 radical (unpaired) electrons. The molecule has 1 heterocycles. The molecule has 3 aliphatic rings. The largest absolute Gasteiger partial charge is 0.480 e. The monoisotopic (exact) mass is 629 g/mol. The number of carboxylic acid groups (broad SMARTS) is 1. The summed E-state index contributed by atoms with van der Waals surface area (Å²) >= 11 is 0. The number of rotatable bonds is 12. The number of H-pyrrole nitrogens is 1. The van der Waals surface area contributed by atoms with E-state index < -0.39 is 48.7 Å². The van der Waals surface area contributed by atoms with Crippen LogP contribution in [0.5, 0.6) is 0 Å². The zero-order valence-electron chi connectivity index (χ0n) is 25.5. The molecule has 5 rings (SSSR count). The molecule has 44 heavy (non-hydrogen) atoms. The molecule has 10 nitrogen and oxygen atoms in total. The summed E-state index contributed by atoms with van der Waals surface area (Å²) in [6.45, 7) is 0.305. The highest BCUT2D eigenvalue weighted by atomic mass is 31.2. The standard InChI is InChI=1S/C33H48N3O7P/c37-31(35-28(32(38)39)19-24-20-34-27-16-8-7-14-25(24)27)26-15-9-17-29(26)44(41,42)30(18-22-10-3-1-4-11-22)36-33(40)43-21-23-12-5-2-6-13-23/h7-8,14,16,20,22-23,26,28-30,34H,1-6,9-13,15,17-19,21H2,(H,35,37)(H,36,40)(H,38,39)(H,41,42). The number of carbonyl (C=O) groups excluding carboxylic acids is 2. The highest BCUT2D eigenvalue weighted by Crippen LogP contribution is 2.59. The van der Waals surface area contributed by atoms with Gasteiger partial charge in [0.25, 0.3) is 0 Å². The smallest absolute Gasteiger partial charge is 0.407 e. The van der Waals surface area contributed by atoms with Crippen LogP contribution in [0.15, 0.2) is 30.5 Å². The Morgan fingerprint density at radius 1 is 0.909 bits per heavy atom. The second-order valence-corrected chi connectivity index (χ2v) is 15.9. The topological polar surface area (TPSA) is 158 Å². The van der Waals surface area contributed by atoms with E-state index in [2.05, 4.69) is 15.6 Å². The number of hydrogen-bond donors (Lipinski definition) is 5. The van der Waals surface area contributed by atoms with Crippen LogP contribution in [-0.4, -0.2) is 57.0 Å². The molecule has 5 unspecified atom stereocenters. The number of carboxylic acids is 1. The average molecular weight is 630 g/mol. The van der Waals surface area contributed by atoms with Crippen LogP contribution in [-0.2, 0) is 25.3 Å². The maximum absolute atomic E-state index is 14.4. The molecule has 1 aromatic heterocycles. The number of nitrogens with one attached hydrogen (secondary N) is 3. The van der Waals surface area contributed by atoms with Gasteiger partial charge in [-0.1, -0.05) is 76.0 Å². The molecular formula is C33H48N3O7P. The fourth-order valence-corrected chi connectivity index (χ4v) is 10.4. The molecule has 0 spiro atoms. The van der Waals surface area contributed by atoms with Gasteiger partial charge in [-0.05, 0) is 55.6 Å². The summed E-state index contributed by atoms with van der Waals surface area (Å²) in [4.78, 5) is 53.7. The van der Waals surface area contributed by atoms with E-state index in [-0.39, 0.29) is 12.3 Å². The molecule has 3 saturated carbocycles. The van der Waals surface area contributed by atoms with E-state index in [1.807, 2.05) is 24.3 Å². The third-order valence-corrected chi connectivity index (χ3v) is 13.0. The summed E-state index contributed by atoms with van der Waals surface area (Å²) in [7, 11) is -4.12. The van der Waals surface area contributed by atoms with Crippen molar-refractivity contribution in [1.29, 1.82) is 0 Å². The maximum Gasteiger partial charge on any atom is 0.407 e. The van der Waals surface area contributed by atoms with Crippen LogP contribution in [0.2, 0.25) is 0 Å². The van der Waals surface area contributed by atoms with Crippen LogP contribution in [0.1, 0.15) is 95.5 Å². The summed E-state index contributed by atoms with van der Waals surface area (Å²) in [5, 5.41) is 16.3. The Morgan fingerprint density at radius 2 is 1.59 bits per heavy atom. The van der Waals surface area contributed by atoms with Crippen molar-refractivity contribution in [2.24, 2.45) is 17.8 Å². The molecule has 0 bridgehead atoms.